The van der Waals surface area contributed by atoms with Gasteiger partial charge in [0.2, 0.25) is 0 Å². The predicted molar refractivity (Wildman–Crippen MR) is 72.6 cm³/mol. The molecule has 2 heterocycles. The van der Waals surface area contributed by atoms with Crippen LogP contribution in [-0.4, -0.2) is 23.2 Å². The molecule has 0 bridgehead atoms. The third-order valence-corrected chi connectivity index (χ3v) is 5.66. The summed E-state index contributed by atoms with van der Waals surface area (Å²) in [5.41, 5.74) is -0.459. The van der Waals surface area contributed by atoms with Crippen LogP contribution in [-0.2, 0) is 5.60 Å². The highest BCUT2D eigenvalue weighted by Gasteiger charge is 2.48. The minimum atomic E-state index is -0.854. The molecule has 1 aliphatic heterocycles. The van der Waals surface area contributed by atoms with Crippen molar-refractivity contribution < 1.29 is 9.50 Å². The van der Waals surface area contributed by atoms with E-state index < -0.39 is 5.60 Å². The molecule has 0 unspecified atom stereocenters. The van der Waals surface area contributed by atoms with Crippen molar-refractivity contribution in [3.05, 3.63) is 29.0 Å². The maximum atomic E-state index is 13.7. The summed E-state index contributed by atoms with van der Waals surface area (Å²) < 4.78 is 14.5. The minimum Gasteiger partial charge on any atom is -0.383 e. The van der Waals surface area contributed by atoms with Crippen LogP contribution in [0.1, 0.15) is 17.8 Å². The van der Waals surface area contributed by atoms with Gasteiger partial charge in [-0.1, -0.05) is 6.07 Å². The van der Waals surface area contributed by atoms with Crippen LogP contribution < -0.4 is 5.32 Å². The lowest BCUT2D eigenvalue weighted by Crippen LogP contribution is -2.25. The van der Waals surface area contributed by atoms with Gasteiger partial charge in [-0.2, -0.15) is 0 Å². The summed E-state index contributed by atoms with van der Waals surface area (Å²) in [7, 11) is 0. The predicted octanol–water partition coefficient (Wildman–Crippen LogP) is 2.25. The van der Waals surface area contributed by atoms with E-state index in [0.29, 0.717) is 22.4 Å². The first-order valence-electron chi connectivity index (χ1n) is 6.64. The molecule has 1 aromatic carbocycles. The maximum Gasteiger partial charge on any atom is 0.150 e. The molecule has 2 aliphatic rings. The molecule has 1 aliphatic carbocycles. The quantitative estimate of drug-likeness (QED) is 0.841. The standard InChI is InChI=1S/C14H15FN2OS/c15-10-2-1-3-11-12(10)17-13(19-11)14(18)4-8-6-16-7-9(8)5-14/h1-3,8-9,16,18H,4-7H2/t8-,9-/m0/s1. The number of benzene rings is 1. The molecule has 2 fully saturated rings. The molecule has 1 aromatic heterocycles. The number of rotatable bonds is 1. The summed E-state index contributed by atoms with van der Waals surface area (Å²) >= 11 is 1.42. The van der Waals surface area contributed by atoms with Crippen molar-refractivity contribution in [1.82, 2.24) is 10.3 Å². The first kappa shape index (κ1) is 11.8. The number of nitrogens with zero attached hydrogens (tertiary/aromatic N) is 1. The highest BCUT2D eigenvalue weighted by molar-refractivity contribution is 7.18. The van der Waals surface area contributed by atoms with E-state index in [0.717, 1.165) is 30.6 Å². The highest BCUT2D eigenvalue weighted by atomic mass is 32.1. The zero-order valence-corrected chi connectivity index (χ0v) is 11.2. The number of hydrogen-bond acceptors (Lipinski definition) is 4. The van der Waals surface area contributed by atoms with Crippen molar-refractivity contribution in [2.24, 2.45) is 11.8 Å². The van der Waals surface area contributed by atoms with Crippen LogP contribution in [0.25, 0.3) is 10.2 Å². The van der Waals surface area contributed by atoms with Gasteiger partial charge >= 0.3 is 0 Å². The van der Waals surface area contributed by atoms with Crippen LogP contribution in [0.4, 0.5) is 4.39 Å². The smallest absolute Gasteiger partial charge is 0.150 e. The number of nitrogens with one attached hydrogen (secondary N) is 1. The third kappa shape index (κ3) is 1.72. The molecule has 4 rings (SSSR count). The average Bonchev–Trinajstić information content (AvgIpc) is 3.01. The SMILES string of the molecule is OC1(c2nc3c(F)cccc3s2)C[C@H]2CNC[C@@H]2C1. The Bertz CT molecular complexity index is 629. The van der Waals surface area contributed by atoms with Crippen molar-refractivity contribution in [3.63, 3.8) is 0 Å². The Morgan fingerprint density at radius 3 is 2.74 bits per heavy atom. The van der Waals surface area contributed by atoms with Crippen molar-refractivity contribution in [3.8, 4) is 0 Å². The van der Waals surface area contributed by atoms with Crippen molar-refractivity contribution in [2.45, 2.75) is 18.4 Å². The lowest BCUT2D eigenvalue weighted by molar-refractivity contribution is 0.0358. The van der Waals surface area contributed by atoms with Gasteiger partial charge in [0, 0.05) is 0 Å². The zero-order valence-electron chi connectivity index (χ0n) is 10.4. The molecule has 1 saturated heterocycles. The molecule has 100 valence electrons. The van der Waals surface area contributed by atoms with E-state index in [2.05, 4.69) is 10.3 Å². The fourth-order valence-corrected chi connectivity index (χ4v) is 4.59. The third-order valence-electron chi connectivity index (χ3n) is 4.45. The lowest BCUT2D eigenvalue weighted by atomic mass is 10.0. The van der Waals surface area contributed by atoms with E-state index >= 15 is 0 Å². The molecule has 0 amide bonds. The highest BCUT2D eigenvalue weighted by Crippen LogP contribution is 2.48. The van der Waals surface area contributed by atoms with Crippen LogP contribution in [0.15, 0.2) is 18.2 Å². The summed E-state index contributed by atoms with van der Waals surface area (Å²) in [6, 6.07) is 4.97. The maximum absolute atomic E-state index is 13.7. The first-order valence-corrected chi connectivity index (χ1v) is 7.46. The Morgan fingerprint density at radius 1 is 1.32 bits per heavy atom. The number of para-hydroxylation sites is 1. The Morgan fingerprint density at radius 2 is 2.05 bits per heavy atom. The average molecular weight is 278 g/mol. The summed E-state index contributed by atoms with van der Waals surface area (Å²) in [5.74, 6) is 0.757. The van der Waals surface area contributed by atoms with E-state index in [1.54, 1.807) is 6.07 Å². The summed E-state index contributed by atoms with van der Waals surface area (Å²) in [5, 5.41) is 14.9. The fraction of sp³-hybridized carbons (Fsp3) is 0.500. The van der Waals surface area contributed by atoms with E-state index in [1.165, 1.54) is 17.4 Å². The number of aromatic nitrogens is 1. The van der Waals surface area contributed by atoms with Crippen LogP contribution in [0, 0.1) is 17.7 Å². The molecular weight excluding hydrogens is 263 g/mol. The number of fused-ring (bicyclic) bond motifs is 2. The molecule has 19 heavy (non-hydrogen) atoms. The van der Waals surface area contributed by atoms with Gasteiger partial charge in [-0.3, -0.25) is 0 Å². The van der Waals surface area contributed by atoms with Gasteiger partial charge in [0.25, 0.3) is 0 Å². The van der Waals surface area contributed by atoms with Crippen molar-refractivity contribution in [1.29, 1.82) is 0 Å². The summed E-state index contributed by atoms with van der Waals surface area (Å²) in [4.78, 5) is 4.37. The van der Waals surface area contributed by atoms with E-state index in [-0.39, 0.29) is 5.82 Å². The molecule has 1 saturated carbocycles. The van der Waals surface area contributed by atoms with Crippen molar-refractivity contribution >= 4 is 21.6 Å². The Kier molecular flexibility index (Phi) is 2.46. The molecule has 5 heteroatoms. The topological polar surface area (TPSA) is 45.2 Å². The van der Waals surface area contributed by atoms with E-state index in [4.69, 9.17) is 0 Å². The lowest BCUT2D eigenvalue weighted by Gasteiger charge is -2.20. The van der Waals surface area contributed by atoms with Gasteiger partial charge in [-0.25, -0.2) is 9.37 Å². The summed E-state index contributed by atoms with van der Waals surface area (Å²) in [6.45, 7) is 1.96. The number of halogens is 1. The van der Waals surface area contributed by atoms with Gasteiger partial charge in [0.05, 0.1) is 4.70 Å². The second-order valence-corrected chi connectivity index (χ2v) is 6.75. The van der Waals surface area contributed by atoms with Gasteiger partial charge in [0.1, 0.15) is 21.9 Å². The van der Waals surface area contributed by atoms with Gasteiger partial charge < -0.3 is 10.4 Å². The number of thiazole rings is 1. The molecule has 2 aromatic rings. The largest absolute Gasteiger partial charge is 0.383 e. The van der Waals surface area contributed by atoms with Crippen molar-refractivity contribution in [2.75, 3.05) is 13.1 Å². The normalized spacial score (nSPS) is 28.9. The fourth-order valence-electron chi connectivity index (χ4n) is 3.50. The Hall–Kier alpha value is -1.04. The van der Waals surface area contributed by atoms with Gasteiger partial charge in [-0.05, 0) is 49.9 Å². The Labute approximate surface area is 114 Å². The molecule has 3 nitrogen and oxygen atoms in total. The monoisotopic (exact) mass is 278 g/mol. The van der Waals surface area contributed by atoms with E-state index in [1.807, 2.05) is 6.07 Å². The first-order chi connectivity index (χ1) is 9.16. The van der Waals surface area contributed by atoms with Crippen LogP contribution in [0.5, 0.6) is 0 Å². The zero-order chi connectivity index (χ0) is 13.0. The van der Waals surface area contributed by atoms with Gasteiger partial charge in [-0.15, -0.1) is 11.3 Å². The van der Waals surface area contributed by atoms with Gasteiger partial charge in [0.15, 0.2) is 0 Å². The molecule has 0 radical (unpaired) electrons. The summed E-state index contributed by atoms with van der Waals surface area (Å²) in [6.07, 6.45) is 1.48. The van der Waals surface area contributed by atoms with E-state index in [9.17, 15) is 9.50 Å². The molecular formula is C14H15FN2OS. The second-order valence-electron chi connectivity index (χ2n) is 5.72. The number of hydrogen-bond donors (Lipinski definition) is 2. The molecule has 2 N–H and O–H groups in total. The molecule has 2 atom stereocenters. The van der Waals surface area contributed by atoms with Crippen LogP contribution in [0.2, 0.25) is 0 Å². The minimum absolute atomic E-state index is 0.302. The Balaban J connectivity index is 1.76. The molecule has 0 spiro atoms. The van der Waals surface area contributed by atoms with Crippen LogP contribution >= 0.6 is 11.3 Å². The second kappa shape index (κ2) is 3.98. The number of aliphatic hydroxyl groups is 1. The van der Waals surface area contributed by atoms with Crippen LogP contribution in [0.3, 0.4) is 0 Å².